The first-order valence-corrected chi connectivity index (χ1v) is 28.5. The molecule has 3 heterocycles. The molecule has 1 aromatic rings. The number of hydrogen-bond acceptors (Lipinski definition) is 20. The van der Waals surface area contributed by atoms with Crippen molar-refractivity contribution >= 4 is 29.1 Å². The highest BCUT2D eigenvalue weighted by Gasteiger charge is 2.51. The zero-order valence-electron chi connectivity index (χ0n) is 47.8. The van der Waals surface area contributed by atoms with Crippen LogP contribution in [0.15, 0.2) is 109 Å². The summed E-state index contributed by atoms with van der Waals surface area (Å²) < 4.78 is 24.1. The maximum absolute atomic E-state index is 13.5. The van der Waals surface area contributed by atoms with Crippen LogP contribution in [0.1, 0.15) is 115 Å². The molecule has 4 rings (SSSR count). The smallest absolute Gasteiger partial charge is 0.308 e. The van der Waals surface area contributed by atoms with Gasteiger partial charge in [-0.2, -0.15) is 0 Å². The number of nitrogens with two attached hydrogens (primary N) is 1. The number of rotatable bonds is 12. The van der Waals surface area contributed by atoms with Crippen molar-refractivity contribution in [1.82, 2.24) is 5.32 Å². The molecule has 1 aromatic carbocycles. The van der Waals surface area contributed by atoms with Crippen molar-refractivity contribution in [2.75, 3.05) is 18.9 Å². The summed E-state index contributed by atoms with van der Waals surface area (Å²) in [7, 11) is 1.77. The van der Waals surface area contributed by atoms with Crippen molar-refractivity contribution < 1.29 is 89.2 Å². The van der Waals surface area contributed by atoms with Gasteiger partial charge in [-0.15, -0.1) is 0 Å². The molecule has 14 unspecified atom stereocenters. The number of nitrogens with one attached hydrogen (secondary N) is 2. The summed E-state index contributed by atoms with van der Waals surface area (Å²) in [6.07, 6.45) is 3.46. The number of allylic oxidation sites excluding steroid dienone is 12. The maximum Gasteiger partial charge on any atom is 0.308 e. The molecule has 0 spiro atoms. The summed E-state index contributed by atoms with van der Waals surface area (Å²) in [4.78, 5) is 52.7. The summed E-state index contributed by atoms with van der Waals surface area (Å²) in [6.45, 7) is 7.15. The fraction of sp³-hybridized carbons (Fsp3) is 0.607. The lowest BCUT2D eigenvalue weighted by Gasteiger charge is -2.46. The van der Waals surface area contributed by atoms with Crippen molar-refractivity contribution in [3.8, 4) is 0 Å². The van der Waals surface area contributed by atoms with Gasteiger partial charge in [-0.3, -0.25) is 19.2 Å². The highest BCUT2D eigenvalue weighted by molar-refractivity contribution is 5.96. The van der Waals surface area contributed by atoms with Crippen molar-refractivity contribution in [2.24, 2.45) is 23.5 Å². The number of esters is 1. The molecule has 19 atom stereocenters. The Labute approximate surface area is 481 Å². The lowest BCUT2D eigenvalue weighted by molar-refractivity contribution is -0.307. The molecular weight excluding hydrogens is 1060 g/mol. The molecule has 3 aliphatic rings. The van der Waals surface area contributed by atoms with Crippen LogP contribution in [-0.2, 0) is 33.3 Å². The zero-order valence-corrected chi connectivity index (χ0v) is 47.8. The predicted molar refractivity (Wildman–Crippen MR) is 306 cm³/mol. The fourth-order valence-corrected chi connectivity index (χ4v) is 10.4. The number of Topliss-reactive ketones (excluding diaryl/α,β-unsaturated/α-hetero) is 2. The second-order valence-electron chi connectivity index (χ2n) is 22.0. The molecule has 1 amide bonds. The van der Waals surface area contributed by atoms with Gasteiger partial charge >= 0.3 is 5.97 Å². The lowest BCUT2D eigenvalue weighted by atomic mass is 9.82. The third kappa shape index (κ3) is 23.9. The monoisotopic (exact) mass is 1150 g/mol. The minimum absolute atomic E-state index is 0.101. The van der Waals surface area contributed by atoms with Crippen LogP contribution in [0.2, 0.25) is 0 Å². The molecule has 82 heavy (non-hydrogen) atoms. The molecule has 2 fully saturated rings. The van der Waals surface area contributed by atoms with Gasteiger partial charge in [-0.1, -0.05) is 98.9 Å². The van der Waals surface area contributed by atoms with Gasteiger partial charge in [0.05, 0.1) is 85.5 Å². The van der Waals surface area contributed by atoms with Gasteiger partial charge in [0, 0.05) is 69.3 Å². The van der Waals surface area contributed by atoms with Gasteiger partial charge in [-0.05, 0) is 76.1 Å². The van der Waals surface area contributed by atoms with Crippen LogP contribution in [0.3, 0.4) is 0 Å². The Kier molecular flexibility index (Phi) is 29.9. The quantitative estimate of drug-likeness (QED) is 0.106. The van der Waals surface area contributed by atoms with E-state index in [1.165, 1.54) is 0 Å². The van der Waals surface area contributed by atoms with E-state index in [1.807, 2.05) is 19.9 Å². The lowest BCUT2D eigenvalue weighted by Crippen LogP contribution is -2.62. The SMILES string of the molecule is CCNC(=O)C1C(O)CC2(O)CC(O)CC(O)CC(O)CC(O)CC(=O)CC(O)CC(=O)OC(C(C)CCC(O)CC(=O)c3ccc(NC)cc3)C(C)C=CC=CC=CC=CC=CC=CC=CC(O[C@@H]3O[C@H](C)[C@@H](O)[C@H](N)[C@@H]3O)CC1O2. The number of anilines is 1. The molecule has 0 aliphatic carbocycles. The number of carbonyl (C=O) groups is 4. The van der Waals surface area contributed by atoms with Crippen LogP contribution in [0.5, 0.6) is 0 Å². The second-order valence-corrected chi connectivity index (χ2v) is 22.0. The van der Waals surface area contributed by atoms with Crippen molar-refractivity contribution in [1.29, 1.82) is 0 Å². The van der Waals surface area contributed by atoms with E-state index in [9.17, 15) is 70.2 Å². The number of hydrogen-bond donors (Lipinski definition) is 13. The Balaban J connectivity index is 1.56. The Bertz CT molecular complexity index is 2340. The molecule has 14 N–H and O–H groups in total. The van der Waals surface area contributed by atoms with Crippen molar-refractivity contribution in [2.45, 2.75) is 202 Å². The summed E-state index contributed by atoms with van der Waals surface area (Å²) in [5, 5.41) is 116. The number of ketones is 2. The van der Waals surface area contributed by atoms with E-state index < -0.39 is 160 Å². The molecule has 2 bridgehead atoms. The Morgan fingerprint density at radius 3 is 1.89 bits per heavy atom. The second kappa shape index (κ2) is 35.3. The number of cyclic esters (lactones) is 1. The first kappa shape index (κ1) is 69.4. The van der Waals surface area contributed by atoms with Gasteiger partial charge in [0.15, 0.2) is 17.9 Å². The van der Waals surface area contributed by atoms with Crippen LogP contribution in [0.25, 0.3) is 0 Å². The first-order valence-electron chi connectivity index (χ1n) is 28.5. The van der Waals surface area contributed by atoms with E-state index in [0.717, 1.165) is 5.69 Å². The standard InChI is InChI=1S/C61H91N3O18/c1-6-64-59(77)54-51(73)36-61(78)35-48(71)31-46(69)29-44(67)27-43(66)28-45(68)30-47(70)33-53(74)81-58(38(3)21-26-42(65)32-50(72)40-22-24-41(63-5)25-23-40)37(2)19-17-15-13-11-9-7-8-10-12-14-16-18-20-49(34-52(54)82-61)80-60-57(76)55(62)56(75)39(4)79-60/h7-20,22-25,37-39,42-44,46-49,51-52,54-58,60,63,65-67,69-71,73,75-76,78H,6,21,26-36,62H2,1-5H3,(H,64,77)/t37?,38?,39-,42?,43?,44?,46?,47?,48?,49?,51?,52?,54?,55+,56-,57+,58?,60+,61?/m1/s1. The molecule has 21 nitrogen and oxygen atoms in total. The van der Waals surface area contributed by atoms with Crippen LogP contribution in [0, 0.1) is 17.8 Å². The summed E-state index contributed by atoms with van der Waals surface area (Å²) >= 11 is 0. The summed E-state index contributed by atoms with van der Waals surface area (Å²) in [5.41, 5.74) is 7.41. The van der Waals surface area contributed by atoms with Crippen LogP contribution < -0.4 is 16.4 Å². The van der Waals surface area contributed by atoms with Crippen LogP contribution in [-0.4, -0.2) is 186 Å². The number of aliphatic hydroxyl groups excluding tert-OH is 9. The van der Waals surface area contributed by atoms with E-state index in [-0.39, 0.29) is 56.3 Å². The van der Waals surface area contributed by atoms with Crippen LogP contribution >= 0.6 is 0 Å². The first-order chi connectivity index (χ1) is 38.9. The number of amides is 1. The van der Waals surface area contributed by atoms with Gasteiger partial charge in [0.1, 0.15) is 18.0 Å². The van der Waals surface area contributed by atoms with E-state index in [4.69, 9.17) is 24.7 Å². The minimum Gasteiger partial charge on any atom is -0.461 e. The topological polar surface area (TPSA) is 358 Å². The van der Waals surface area contributed by atoms with E-state index in [2.05, 4.69) is 10.6 Å². The van der Waals surface area contributed by atoms with Gasteiger partial charge in [0.2, 0.25) is 5.91 Å². The van der Waals surface area contributed by atoms with Crippen molar-refractivity contribution in [3.05, 3.63) is 115 Å². The highest BCUT2D eigenvalue weighted by Crippen LogP contribution is 2.38. The van der Waals surface area contributed by atoms with Gasteiger partial charge in [0.25, 0.3) is 0 Å². The van der Waals surface area contributed by atoms with Gasteiger partial charge in [-0.25, -0.2) is 0 Å². The molecule has 0 radical (unpaired) electrons. The third-order valence-corrected chi connectivity index (χ3v) is 14.7. The Morgan fingerprint density at radius 2 is 1.29 bits per heavy atom. The highest BCUT2D eigenvalue weighted by atomic mass is 16.7. The number of carbonyl (C=O) groups excluding carboxylic acids is 4. The molecule has 3 aliphatic heterocycles. The number of ether oxygens (including phenoxy) is 4. The fourth-order valence-electron chi connectivity index (χ4n) is 10.4. The normalized spacial score (nSPS) is 34.6. The molecule has 0 saturated carbocycles. The zero-order chi connectivity index (χ0) is 60.5. The summed E-state index contributed by atoms with van der Waals surface area (Å²) in [5.74, 6) is -6.41. The van der Waals surface area contributed by atoms with E-state index in [0.29, 0.717) is 12.0 Å². The third-order valence-electron chi connectivity index (χ3n) is 14.7. The Morgan fingerprint density at radius 1 is 0.732 bits per heavy atom. The largest absolute Gasteiger partial charge is 0.461 e. The van der Waals surface area contributed by atoms with Gasteiger partial charge < -0.3 is 86.4 Å². The minimum atomic E-state index is -2.26. The maximum atomic E-state index is 13.5. The summed E-state index contributed by atoms with van der Waals surface area (Å²) in [6, 6.07) is 5.78. The number of benzene rings is 1. The van der Waals surface area contributed by atoms with E-state index >= 15 is 0 Å². The average Bonchev–Trinajstić information content (AvgIpc) is 3.47. The van der Waals surface area contributed by atoms with E-state index in [1.54, 1.807) is 124 Å². The Hall–Kier alpha value is -5.08. The number of fused-ring (bicyclic) bond motifs is 2. The van der Waals surface area contributed by atoms with Crippen LogP contribution in [0.4, 0.5) is 5.69 Å². The molecule has 2 saturated heterocycles. The predicted octanol–water partition coefficient (Wildman–Crippen LogP) is 2.80. The average molecular weight is 1150 g/mol. The number of aliphatic hydroxyl groups is 10. The molecule has 458 valence electrons. The molecular formula is C61H91N3O18. The molecule has 0 aromatic heterocycles. The molecule has 21 heteroatoms. The van der Waals surface area contributed by atoms with Crippen molar-refractivity contribution in [3.63, 3.8) is 0 Å².